The Morgan fingerprint density at radius 2 is 1.79 bits per heavy atom. The molecule has 0 bridgehead atoms. The second-order valence-electron chi connectivity index (χ2n) is 2.55. The van der Waals surface area contributed by atoms with Crippen molar-refractivity contribution >= 4 is 43.5 Å². The summed E-state index contributed by atoms with van der Waals surface area (Å²) in [4.78, 5) is 0. The number of hydrogen-bond acceptors (Lipinski definition) is 0. The number of halogens is 6. The van der Waals surface area contributed by atoms with Crippen LogP contribution in [0.15, 0.2) is 21.1 Å². The van der Waals surface area contributed by atoms with Gasteiger partial charge in [0.05, 0.1) is 5.56 Å². The van der Waals surface area contributed by atoms with Crippen LogP contribution in [-0.2, 0) is 12.1 Å². The Labute approximate surface area is 101 Å². The highest BCUT2D eigenvalue weighted by atomic mass is 79.9. The highest BCUT2D eigenvalue weighted by Gasteiger charge is 2.35. The lowest BCUT2D eigenvalue weighted by atomic mass is 10.1. The molecule has 1 aromatic carbocycles. The molecular weight excluding hydrogens is 348 g/mol. The summed E-state index contributed by atoms with van der Waals surface area (Å²) in [6, 6.07) is 2.71. The van der Waals surface area contributed by atoms with Crippen LogP contribution in [0.5, 0.6) is 0 Å². The van der Waals surface area contributed by atoms with E-state index in [4.69, 9.17) is 11.6 Å². The van der Waals surface area contributed by atoms with Gasteiger partial charge in [0.25, 0.3) is 0 Å². The monoisotopic (exact) mass is 350 g/mol. The van der Waals surface area contributed by atoms with E-state index in [1.54, 1.807) is 0 Å². The molecule has 1 aromatic rings. The lowest BCUT2D eigenvalue weighted by Gasteiger charge is -2.13. The molecule has 0 radical (unpaired) electrons. The molecule has 0 saturated carbocycles. The largest absolute Gasteiger partial charge is 0.417 e. The topological polar surface area (TPSA) is 0 Å². The van der Waals surface area contributed by atoms with E-state index in [0.717, 1.165) is 0 Å². The van der Waals surface area contributed by atoms with Crippen LogP contribution >= 0.6 is 43.5 Å². The maximum atomic E-state index is 12.5. The molecule has 0 fully saturated rings. The fourth-order valence-corrected chi connectivity index (χ4v) is 2.80. The minimum Gasteiger partial charge on any atom is -0.166 e. The van der Waals surface area contributed by atoms with Crippen molar-refractivity contribution in [3.8, 4) is 0 Å². The van der Waals surface area contributed by atoms with E-state index in [1.165, 1.54) is 12.1 Å². The number of rotatable bonds is 1. The Kier molecular flexibility index (Phi) is 3.88. The molecule has 0 N–H and O–H groups in total. The number of hydrogen-bond donors (Lipinski definition) is 0. The molecule has 0 spiro atoms. The summed E-state index contributed by atoms with van der Waals surface area (Å²) in [6.07, 6.45) is -4.39. The summed E-state index contributed by atoms with van der Waals surface area (Å²) in [5, 5.41) is 0. The molecule has 0 nitrogen and oxygen atoms in total. The highest BCUT2D eigenvalue weighted by molar-refractivity contribution is 9.11. The fourth-order valence-electron chi connectivity index (χ4n) is 1.05. The maximum Gasteiger partial charge on any atom is 0.417 e. The first-order valence-electron chi connectivity index (χ1n) is 3.47. The molecule has 1 rings (SSSR count). The standard InChI is InChI=1S/C8H4Br2ClF3/c9-5-1-4(3-11)7(6(10)2-5)8(12,13)14/h1-2H,3H2. The van der Waals surface area contributed by atoms with Crippen LogP contribution in [0.25, 0.3) is 0 Å². The summed E-state index contributed by atoms with van der Waals surface area (Å²) in [5.74, 6) is -0.174. The average molecular weight is 352 g/mol. The van der Waals surface area contributed by atoms with Crippen LogP contribution < -0.4 is 0 Å². The van der Waals surface area contributed by atoms with E-state index in [2.05, 4.69) is 31.9 Å². The smallest absolute Gasteiger partial charge is 0.166 e. The van der Waals surface area contributed by atoms with E-state index in [1.807, 2.05) is 0 Å². The summed E-state index contributed by atoms with van der Waals surface area (Å²) < 4.78 is 38.1. The van der Waals surface area contributed by atoms with E-state index in [0.29, 0.717) is 4.47 Å². The third-order valence-electron chi connectivity index (χ3n) is 1.56. The Balaban J connectivity index is 3.40. The van der Waals surface area contributed by atoms with Crippen LogP contribution in [0.1, 0.15) is 11.1 Å². The van der Waals surface area contributed by atoms with Gasteiger partial charge in [-0.15, -0.1) is 11.6 Å². The SMILES string of the molecule is FC(F)(F)c1c(Br)cc(Br)cc1CCl. The van der Waals surface area contributed by atoms with Crippen molar-refractivity contribution in [2.24, 2.45) is 0 Å². The van der Waals surface area contributed by atoms with Crippen molar-refractivity contribution < 1.29 is 13.2 Å². The lowest BCUT2D eigenvalue weighted by molar-refractivity contribution is -0.138. The minimum absolute atomic E-state index is 0.00461. The summed E-state index contributed by atoms with van der Waals surface area (Å²) in [7, 11) is 0. The molecular formula is C8H4Br2ClF3. The van der Waals surface area contributed by atoms with Crippen molar-refractivity contribution in [2.75, 3.05) is 0 Å². The molecule has 0 aliphatic rings. The van der Waals surface area contributed by atoms with Gasteiger partial charge in [0.2, 0.25) is 0 Å². The lowest BCUT2D eigenvalue weighted by Crippen LogP contribution is -2.09. The van der Waals surface area contributed by atoms with E-state index >= 15 is 0 Å². The Morgan fingerprint density at radius 1 is 1.21 bits per heavy atom. The van der Waals surface area contributed by atoms with Gasteiger partial charge in [0.1, 0.15) is 0 Å². The molecule has 0 atom stereocenters. The van der Waals surface area contributed by atoms with Crippen LogP contribution in [-0.4, -0.2) is 0 Å². The molecule has 6 heteroatoms. The quantitative estimate of drug-likeness (QED) is 0.626. The Hall–Kier alpha value is 0.260. The van der Waals surface area contributed by atoms with Crippen molar-refractivity contribution in [3.63, 3.8) is 0 Å². The third kappa shape index (κ3) is 2.64. The molecule has 14 heavy (non-hydrogen) atoms. The first-order chi connectivity index (χ1) is 6.36. The van der Waals surface area contributed by atoms with Gasteiger partial charge in [-0.2, -0.15) is 13.2 Å². The normalized spacial score (nSPS) is 11.9. The third-order valence-corrected chi connectivity index (χ3v) is 2.94. The van der Waals surface area contributed by atoms with Gasteiger partial charge in [-0.3, -0.25) is 0 Å². The first-order valence-corrected chi connectivity index (χ1v) is 5.59. The van der Waals surface area contributed by atoms with Gasteiger partial charge < -0.3 is 0 Å². The zero-order valence-corrected chi connectivity index (χ0v) is 10.6. The first kappa shape index (κ1) is 12.3. The molecule has 78 valence electrons. The van der Waals surface area contributed by atoms with Crippen LogP contribution in [0, 0.1) is 0 Å². The van der Waals surface area contributed by atoms with Crippen molar-refractivity contribution in [3.05, 3.63) is 32.2 Å². The van der Waals surface area contributed by atoms with Gasteiger partial charge >= 0.3 is 6.18 Å². The molecule has 0 amide bonds. The Morgan fingerprint density at radius 3 is 2.21 bits per heavy atom. The molecule has 0 aromatic heterocycles. The minimum atomic E-state index is -4.39. The summed E-state index contributed by atoms with van der Waals surface area (Å²) in [6.45, 7) is 0. The Bertz CT molecular complexity index is 349. The predicted molar refractivity (Wildman–Crippen MR) is 56.4 cm³/mol. The molecule has 0 saturated heterocycles. The van der Waals surface area contributed by atoms with Crippen molar-refractivity contribution in [2.45, 2.75) is 12.1 Å². The van der Waals surface area contributed by atoms with E-state index in [9.17, 15) is 13.2 Å². The van der Waals surface area contributed by atoms with Gasteiger partial charge in [-0.25, -0.2) is 0 Å². The number of alkyl halides is 4. The second-order valence-corrected chi connectivity index (χ2v) is 4.59. The van der Waals surface area contributed by atoms with E-state index in [-0.39, 0.29) is 15.9 Å². The zero-order valence-electron chi connectivity index (χ0n) is 6.63. The van der Waals surface area contributed by atoms with Gasteiger partial charge in [0, 0.05) is 14.8 Å². The average Bonchev–Trinajstić information content (AvgIpc) is 1.99. The van der Waals surface area contributed by atoms with Gasteiger partial charge in [0.15, 0.2) is 0 Å². The van der Waals surface area contributed by atoms with Gasteiger partial charge in [-0.05, 0) is 17.7 Å². The fraction of sp³-hybridized carbons (Fsp3) is 0.250. The zero-order chi connectivity index (χ0) is 10.9. The summed E-state index contributed by atoms with van der Waals surface area (Å²) in [5.41, 5.74) is -0.656. The molecule has 0 aliphatic heterocycles. The highest BCUT2D eigenvalue weighted by Crippen LogP contribution is 2.39. The van der Waals surface area contributed by atoms with Crippen LogP contribution in [0.4, 0.5) is 13.2 Å². The number of benzene rings is 1. The van der Waals surface area contributed by atoms with Crippen LogP contribution in [0.2, 0.25) is 0 Å². The molecule has 0 aliphatic carbocycles. The summed E-state index contributed by atoms with van der Waals surface area (Å²) >= 11 is 11.4. The second kappa shape index (κ2) is 4.41. The van der Waals surface area contributed by atoms with Crippen molar-refractivity contribution in [1.29, 1.82) is 0 Å². The van der Waals surface area contributed by atoms with Gasteiger partial charge in [-0.1, -0.05) is 31.9 Å². The van der Waals surface area contributed by atoms with Crippen LogP contribution in [0.3, 0.4) is 0 Å². The maximum absolute atomic E-state index is 12.5. The predicted octanol–water partition coefficient (Wildman–Crippen LogP) is 4.97. The van der Waals surface area contributed by atoms with E-state index < -0.39 is 11.7 Å². The molecule has 0 unspecified atom stereocenters. The molecule has 0 heterocycles. The van der Waals surface area contributed by atoms with Crippen molar-refractivity contribution in [1.82, 2.24) is 0 Å².